The van der Waals surface area contributed by atoms with Crippen LogP contribution in [0.4, 0.5) is 5.82 Å². The number of ether oxygens (including phenoxy) is 1. The van der Waals surface area contributed by atoms with Gasteiger partial charge in [-0.25, -0.2) is 0 Å². The first-order chi connectivity index (χ1) is 9.54. The maximum atomic E-state index is 12.0. The average Bonchev–Trinajstić information content (AvgIpc) is 2.41. The lowest BCUT2D eigenvalue weighted by atomic mass is 10.2. The second kappa shape index (κ2) is 6.12. The molecule has 0 radical (unpaired) electrons. The molecule has 1 N–H and O–H groups in total. The topological polar surface area (TPSA) is 81.2 Å². The van der Waals surface area contributed by atoms with Crippen LogP contribution in [0.5, 0.6) is 5.75 Å². The third-order valence-electron chi connectivity index (χ3n) is 2.23. The van der Waals surface area contributed by atoms with Crippen LogP contribution in [0.3, 0.4) is 0 Å². The monoisotopic (exact) mass is 291 g/mol. The molecule has 0 unspecified atom stereocenters. The van der Waals surface area contributed by atoms with Gasteiger partial charge in [0.2, 0.25) is 0 Å². The number of amides is 1. The Morgan fingerprint density at radius 3 is 2.65 bits per heavy atom. The van der Waals surface area contributed by atoms with Crippen LogP contribution >= 0.6 is 11.6 Å². The van der Waals surface area contributed by atoms with Gasteiger partial charge < -0.3 is 10.1 Å². The van der Waals surface area contributed by atoms with E-state index in [0.29, 0.717) is 11.3 Å². The van der Waals surface area contributed by atoms with E-state index >= 15 is 0 Å². The molecule has 1 heterocycles. The van der Waals surface area contributed by atoms with Gasteiger partial charge in [-0.05, 0) is 30.3 Å². The molecule has 20 heavy (non-hydrogen) atoms. The number of carbonyl (C=O) groups is 2. The number of carbonyl (C=O) groups excluding carboxylic acids is 2. The van der Waals surface area contributed by atoms with E-state index in [1.165, 1.54) is 25.1 Å². The third-order valence-corrected chi connectivity index (χ3v) is 2.43. The number of nitrogens with one attached hydrogen (secondary N) is 1. The van der Waals surface area contributed by atoms with Crippen LogP contribution in [-0.4, -0.2) is 22.1 Å². The number of rotatable bonds is 3. The summed E-state index contributed by atoms with van der Waals surface area (Å²) in [5.74, 6) is -0.272. The smallest absolute Gasteiger partial charge is 0.308 e. The molecule has 1 aromatic carbocycles. The highest BCUT2D eigenvalue weighted by Crippen LogP contribution is 2.15. The lowest BCUT2D eigenvalue weighted by Gasteiger charge is -2.05. The van der Waals surface area contributed by atoms with Gasteiger partial charge in [-0.3, -0.25) is 9.59 Å². The minimum Gasteiger partial charge on any atom is -0.427 e. The third kappa shape index (κ3) is 3.76. The first-order valence-electron chi connectivity index (χ1n) is 5.63. The zero-order valence-electron chi connectivity index (χ0n) is 10.5. The Morgan fingerprint density at radius 2 is 2.00 bits per heavy atom. The predicted octanol–water partition coefficient (Wildman–Crippen LogP) is 2.31. The molecule has 0 fully saturated rings. The largest absolute Gasteiger partial charge is 0.427 e. The molecule has 0 aliphatic rings. The first kappa shape index (κ1) is 14.0. The van der Waals surface area contributed by atoms with E-state index in [1.54, 1.807) is 18.2 Å². The van der Waals surface area contributed by atoms with Gasteiger partial charge in [0, 0.05) is 12.5 Å². The summed E-state index contributed by atoms with van der Waals surface area (Å²) >= 11 is 5.60. The Labute approximate surface area is 119 Å². The highest BCUT2D eigenvalue weighted by Gasteiger charge is 2.09. The normalized spacial score (nSPS) is 9.90. The van der Waals surface area contributed by atoms with Crippen LogP contribution in [0.15, 0.2) is 36.4 Å². The molecule has 102 valence electrons. The minimum atomic E-state index is -0.453. The molecule has 0 spiro atoms. The van der Waals surface area contributed by atoms with Crippen LogP contribution in [-0.2, 0) is 4.79 Å². The maximum absolute atomic E-state index is 12.0. The van der Waals surface area contributed by atoms with E-state index in [2.05, 4.69) is 15.5 Å². The fraction of sp³-hybridized carbons (Fsp3) is 0.0769. The van der Waals surface area contributed by atoms with Crippen molar-refractivity contribution in [2.75, 3.05) is 5.32 Å². The molecule has 0 bridgehead atoms. The zero-order valence-corrected chi connectivity index (χ0v) is 11.2. The van der Waals surface area contributed by atoms with Crippen molar-refractivity contribution in [2.45, 2.75) is 6.92 Å². The van der Waals surface area contributed by atoms with Gasteiger partial charge in [0.05, 0.1) is 0 Å². The predicted molar refractivity (Wildman–Crippen MR) is 72.7 cm³/mol. The number of esters is 1. The van der Waals surface area contributed by atoms with Crippen LogP contribution in [0.1, 0.15) is 17.3 Å². The summed E-state index contributed by atoms with van der Waals surface area (Å²) < 4.78 is 4.91. The number of aromatic nitrogens is 2. The molecule has 7 heteroatoms. The van der Waals surface area contributed by atoms with Gasteiger partial charge in [0.15, 0.2) is 11.0 Å². The summed E-state index contributed by atoms with van der Waals surface area (Å²) in [6.07, 6.45) is 0. The molecule has 2 rings (SSSR count). The van der Waals surface area contributed by atoms with Crippen LogP contribution in [0, 0.1) is 0 Å². The number of hydrogen-bond acceptors (Lipinski definition) is 5. The Balaban J connectivity index is 2.12. The van der Waals surface area contributed by atoms with E-state index in [9.17, 15) is 9.59 Å². The van der Waals surface area contributed by atoms with E-state index in [1.807, 2.05) is 0 Å². The molecule has 0 aliphatic heterocycles. The van der Waals surface area contributed by atoms with Crippen molar-refractivity contribution in [3.63, 3.8) is 0 Å². The Kier molecular flexibility index (Phi) is 4.27. The van der Waals surface area contributed by atoms with Crippen molar-refractivity contribution in [3.05, 3.63) is 47.1 Å². The molecule has 0 saturated carbocycles. The molecular formula is C13H10ClN3O3. The molecule has 6 nitrogen and oxygen atoms in total. The van der Waals surface area contributed by atoms with Gasteiger partial charge in [-0.1, -0.05) is 17.7 Å². The van der Waals surface area contributed by atoms with E-state index in [-0.39, 0.29) is 11.0 Å². The summed E-state index contributed by atoms with van der Waals surface area (Å²) in [5.41, 5.74) is 0.334. The summed E-state index contributed by atoms with van der Waals surface area (Å²) in [7, 11) is 0. The molecule has 0 aliphatic carbocycles. The lowest BCUT2D eigenvalue weighted by Crippen LogP contribution is -2.13. The van der Waals surface area contributed by atoms with E-state index in [4.69, 9.17) is 16.3 Å². The van der Waals surface area contributed by atoms with Crippen molar-refractivity contribution in [2.24, 2.45) is 0 Å². The molecular weight excluding hydrogens is 282 g/mol. The number of halogens is 1. The second-order valence-corrected chi connectivity index (χ2v) is 4.20. The van der Waals surface area contributed by atoms with Gasteiger partial charge in [-0.15, -0.1) is 10.2 Å². The van der Waals surface area contributed by atoms with Crippen LogP contribution in [0.25, 0.3) is 0 Å². The maximum Gasteiger partial charge on any atom is 0.308 e. The second-order valence-electron chi connectivity index (χ2n) is 3.82. The number of hydrogen-bond donors (Lipinski definition) is 1. The Morgan fingerprint density at radius 1 is 1.20 bits per heavy atom. The fourth-order valence-electron chi connectivity index (χ4n) is 1.44. The summed E-state index contributed by atoms with van der Waals surface area (Å²) in [5, 5.41) is 10.1. The van der Waals surface area contributed by atoms with Crippen molar-refractivity contribution >= 4 is 29.3 Å². The summed E-state index contributed by atoms with van der Waals surface area (Å²) in [4.78, 5) is 22.8. The summed E-state index contributed by atoms with van der Waals surface area (Å²) in [6, 6.07) is 9.29. The first-order valence-corrected chi connectivity index (χ1v) is 6.01. The average molecular weight is 292 g/mol. The minimum absolute atomic E-state index is 0.236. The van der Waals surface area contributed by atoms with Gasteiger partial charge in [0.1, 0.15) is 5.75 Å². The number of nitrogens with zero attached hydrogens (tertiary/aromatic N) is 2. The van der Waals surface area contributed by atoms with Crippen LogP contribution in [0.2, 0.25) is 5.15 Å². The van der Waals surface area contributed by atoms with Crippen LogP contribution < -0.4 is 10.1 Å². The van der Waals surface area contributed by atoms with E-state index in [0.717, 1.165) is 0 Å². The van der Waals surface area contributed by atoms with Crippen molar-refractivity contribution < 1.29 is 14.3 Å². The van der Waals surface area contributed by atoms with Gasteiger partial charge >= 0.3 is 5.97 Å². The molecule has 1 aromatic heterocycles. The van der Waals surface area contributed by atoms with Gasteiger partial charge in [-0.2, -0.15) is 0 Å². The standard InChI is InChI=1S/C13H10ClN3O3/c1-8(18)20-10-4-2-3-9(7-10)13(19)15-12-6-5-11(14)16-17-12/h2-7H,1H3,(H,15,17,19). The number of benzene rings is 1. The van der Waals surface area contributed by atoms with Crippen molar-refractivity contribution in [1.29, 1.82) is 0 Å². The Bertz CT molecular complexity index is 644. The fourth-order valence-corrected chi connectivity index (χ4v) is 1.54. The number of anilines is 1. The highest BCUT2D eigenvalue weighted by molar-refractivity contribution is 6.29. The SMILES string of the molecule is CC(=O)Oc1cccc(C(=O)Nc2ccc(Cl)nn2)c1. The Hall–Kier alpha value is -2.47. The highest BCUT2D eigenvalue weighted by atomic mass is 35.5. The molecule has 1 amide bonds. The summed E-state index contributed by atoms with van der Waals surface area (Å²) in [6.45, 7) is 1.29. The molecule has 0 saturated heterocycles. The lowest BCUT2D eigenvalue weighted by molar-refractivity contribution is -0.131. The quantitative estimate of drug-likeness (QED) is 0.693. The van der Waals surface area contributed by atoms with E-state index < -0.39 is 11.9 Å². The van der Waals surface area contributed by atoms with Gasteiger partial charge in [0.25, 0.3) is 5.91 Å². The zero-order chi connectivity index (χ0) is 14.5. The molecule has 2 aromatic rings. The van der Waals surface area contributed by atoms with Crippen molar-refractivity contribution in [1.82, 2.24) is 10.2 Å². The molecule has 0 atom stereocenters. The van der Waals surface area contributed by atoms with Crippen molar-refractivity contribution in [3.8, 4) is 5.75 Å².